The molecule has 142 valence electrons. The van der Waals surface area contributed by atoms with E-state index in [0.29, 0.717) is 40.6 Å². The van der Waals surface area contributed by atoms with Crippen molar-refractivity contribution in [3.05, 3.63) is 87.1 Å². The van der Waals surface area contributed by atoms with E-state index in [2.05, 4.69) is 15.0 Å². The lowest BCUT2D eigenvalue weighted by atomic mass is 10.1. The normalized spacial score (nSPS) is 11.2. The fraction of sp³-hybridized carbons (Fsp3) is 0.150. The number of rotatable bonds is 5. The van der Waals surface area contributed by atoms with Gasteiger partial charge in [-0.1, -0.05) is 41.4 Å². The van der Waals surface area contributed by atoms with Crippen molar-refractivity contribution in [2.75, 3.05) is 0 Å². The lowest BCUT2D eigenvalue weighted by Crippen LogP contribution is -2.13. The number of nitrogens with zero attached hydrogens (tertiary/aromatic N) is 3. The summed E-state index contributed by atoms with van der Waals surface area (Å²) >= 11 is 12.6. The number of fused-ring (bicyclic) bond motifs is 1. The van der Waals surface area contributed by atoms with Crippen LogP contribution in [0.25, 0.3) is 11.2 Å². The first-order valence-electron chi connectivity index (χ1n) is 8.67. The largest absolute Gasteiger partial charge is 0.338 e. The molecular formula is C20H16Cl2FN5. The molecule has 28 heavy (non-hydrogen) atoms. The standard InChI is InChI=1S/C20H16Cl2FN5/c21-15-2-1-3-16(22)14(15)10-28-11-25-19(24)18-20(28)27-17(26-18)9-6-12-4-7-13(23)8-5-12/h1-5,7-8,11,24H,6,9-10H2,(H,26,27). The minimum Gasteiger partial charge on any atom is -0.338 e. The Balaban J connectivity index is 1.65. The third-order valence-corrected chi connectivity index (χ3v) is 5.23. The predicted octanol–water partition coefficient (Wildman–Crippen LogP) is 4.52. The van der Waals surface area contributed by atoms with Crippen LogP contribution in [0.2, 0.25) is 10.0 Å². The molecule has 0 radical (unpaired) electrons. The number of halogens is 3. The number of benzene rings is 2. The zero-order chi connectivity index (χ0) is 19.7. The molecule has 0 aliphatic carbocycles. The predicted molar refractivity (Wildman–Crippen MR) is 107 cm³/mol. The van der Waals surface area contributed by atoms with Gasteiger partial charge in [0, 0.05) is 22.0 Å². The van der Waals surface area contributed by atoms with Gasteiger partial charge in [-0.3, -0.25) is 5.41 Å². The van der Waals surface area contributed by atoms with Gasteiger partial charge in [0.1, 0.15) is 17.2 Å². The molecule has 0 fully saturated rings. The summed E-state index contributed by atoms with van der Waals surface area (Å²) in [7, 11) is 0. The molecule has 8 heteroatoms. The van der Waals surface area contributed by atoms with Gasteiger partial charge in [0.05, 0.1) is 12.9 Å². The molecule has 4 rings (SSSR count). The summed E-state index contributed by atoms with van der Waals surface area (Å²) in [4.78, 5) is 12.0. The number of nitrogens with one attached hydrogen (secondary N) is 2. The highest BCUT2D eigenvalue weighted by molar-refractivity contribution is 6.36. The molecule has 0 aliphatic heterocycles. The van der Waals surface area contributed by atoms with Gasteiger partial charge in [0.2, 0.25) is 0 Å². The molecule has 4 aromatic rings. The van der Waals surface area contributed by atoms with E-state index in [1.165, 1.54) is 12.1 Å². The molecule has 0 spiro atoms. The molecule has 5 nitrogen and oxygen atoms in total. The highest BCUT2D eigenvalue weighted by Gasteiger charge is 2.12. The van der Waals surface area contributed by atoms with Crippen molar-refractivity contribution in [2.45, 2.75) is 19.4 Å². The van der Waals surface area contributed by atoms with Crippen molar-refractivity contribution in [2.24, 2.45) is 0 Å². The molecule has 0 amide bonds. The minimum absolute atomic E-state index is 0.122. The van der Waals surface area contributed by atoms with Crippen molar-refractivity contribution >= 4 is 34.4 Å². The molecule has 0 bridgehead atoms. The summed E-state index contributed by atoms with van der Waals surface area (Å²) in [6, 6.07) is 11.8. The van der Waals surface area contributed by atoms with Gasteiger partial charge in [0.15, 0.2) is 11.1 Å². The first-order valence-corrected chi connectivity index (χ1v) is 9.43. The number of aryl methyl sites for hydroxylation is 2. The molecule has 2 aromatic carbocycles. The second-order valence-corrected chi connectivity index (χ2v) is 7.24. The van der Waals surface area contributed by atoms with Gasteiger partial charge in [0.25, 0.3) is 0 Å². The smallest absolute Gasteiger partial charge is 0.173 e. The highest BCUT2D eigenvalue weighted by atomic mass is 35.5. The lowest BCUT2D eigenvalue weighted by molar-refractivity contribution is 0.627. The Hall–Kier alpha value is -2.70. The van der Waals surface area contributed by atoms with Crippen molar-refractivity contribution in [1.29, 1.82) is 5.41 Å². The van der Waals surface area contributed by atoms with Crippen LogP contribution in [0, 0.1) is 11.2 Å². The lowest BCUT2D eigenvalue weighted by Gasteiger charge is -2.10. The molecule has 0 atom stereocenters. The number of imidazole rings is 1. The van der Waals surface area contributed by atoms with E-state index in [1.807, 2.05) is 4.57 Å². The van der Waals surface area contributed by atoms with Gasteiger partial charge in [-0.2, -0.15) is 0 Å². The Kier molecular flexibility index (Phi) is 5.15. The first-order chi connectivity index (χ1) is 13.5. The topological polar surface area (TPSA) is 70.3 Å². The van der Waals surface area contributed by atoms with Crippen LogP contribution in [0.15, 0.2) is 48.8 Å². The van der Waals surface area contributed by atoms with Crippen LogP contribution < -0.4 is 5.49 Å². The van der Waals surface area contributed by atoms with E-state index in [0.717, 1.165) is 17.0 Å². The molecule has 0 saturated heterocycles. The van der Waals surface area contributed by atoms with Gasteiger partial charge in [-0.25, -0.2) is 14.4 Å². The monoisotopic (exact) mass is 415 g/mol. The molecule has 0 unspecified atom stereocenters. The number of aromatic nitrogens is 4. The zero-order valence-corrected chi connectivity index (χ0v) is 16.2. The molecular weight excluding hydrogens is 400 g/mol. The quantitative estimate of drug-likeness (QED) is 0.502. The van der Waals surface area contributed by atoms with Crippen molar-refractivity contribution < 1.29 is 4.39 Å². The Labute approximate surface area is 170 Å². The Morgan fingerprint density at radius 3 is 2.46 bits per heavy atom. The summed E-state index contributed by atoms with van der Waals surface area (Å²) in [5, 5.41) is 9.20. The van der Waals surface area contributed by atoms with Gasteiger partial charge in [-0.05, 0) is 36.2 Å². The first kappa shape index (κ1) is 18.7. The number of hydrogen-bond acceptors (Lipinski definition) is 3. The third kappa shape index (κ3) is 3.79. The average Bonchev–Trinajstić information content (AvgIpc) is 3.11. The SMILES string of the molecule is N=c1ncn(Cc2c(Cl)cccc2Cl)c2nc(CCc3ccc(F)cc3)[nH]c12. The van der Waals surface area contributed by atoms with Crippen LogP contribution in [0.1, 0.15) is 17.0 Å². The van der Waals surface area contributed by atoms with Crippen LogP contribution in [-0.2, 0) is 19.4 Å². The summed E-state index contributed by atoms with van der Waals surface area (Å²) in [5.74, 6) is 0.483. The molecule has 0 saturated carbocycles. The Morgan fingerprint density at radius 2 is 1.75 bits per heavy atom. The second-order valence-electron chi connectivity index (χ2n) is 6.43. The number of H-pyrrole nitrogens is 1. The van der Waals surface area contributed by atoms with Crippen LogP contribution in [0.3, 0.4) is 0 Å². The molecule has 2 heterocycles. The number of aromatic amines is 1. The third-order valence-electron chi connectivity index (χ3n) is 4.52. The maximum Gasteiger partial charge on any atom is 0.173 e. The summed E-state index contributed by atoms with van der Waals surface area (Å²) < 4.78 is 14.9. The van der Waals surface area contributed by atoms with E-state index in [9.17, 15) is 4.39 Å². The molecule has 0 aliphatic rings. The summed E-state index contributed by atoms with van der Waals surface area (Å²) in [5.41, 5.74) is 3.08. The maximum atomic E-state index is 13.0. The highest BCUT2D eigenvalue weighted by Crippen LogP contribution is 2.25. The van der Waals surface area contributed by atoms with Crippen LogP contribution in [0.4, 0.5) is 4.39 Å². The van der Waals surface area contributed by atoms with Gasteiger partial charge >= 0.3 is 0 Å². The zero-order valence-electron chi connectivity index (χ0n) is 14.7. The van der Waals surface area contributed by atoms with Crippen molar-refractivity contribution in [3.8, 4) is 0 Å². The fourth-order valence-electron chi connectivity index (χ4n) is 3.03. The van der Waals surface area contributed by atoms with Crippen LogP contribution in [-0.4, -0.2) is 19.5 Å². The maximum absolute atomic E-state index is 13.0. The van der Waals surface area contributed by atoms with E-state index in [1.54, 1.807) is 36.7 Å². The Bertz CT molecular complexity index is 1180. The van der Waals surface area contributed by atoms with E-state index in [-0.39, 0.29) is 11.3 Å². The average molecular weight is 416 g/mol. The Morgan fingerprint density at radius 1 is 1.04 bits per heavy atom. The minimum atomic E-state index is -0.253. The van der Waals surface area contributed by atoms with Gasteiger partial charge in [-0.15, -0.1) is 0 Å². The van der Waals surface area contributed by atoms with Gasteiger partial charge < -0.3 is 9.55 Å². The van der Waals surface area contributed by atoms with E-state index < -0.39 is 0 Å². The number of hydrogen-bond donors (Lipinski definition) is 2. The summed E-state index contributed by atoms with van der Waals surface area (Å²) in [6.07, 6.45) is 2.90. The molecule has 2 aromatic heterocycles. The van der Waals surface area contributed by atoms with E-state index >= 15 is 0 Å². The molecule has 2 N–H and O–H groups in total. The second kappa shape index (κ2) is 7.73. The van der Waals surface area contributed by atoms with Crippen LogP contribution in [0.5, 0.6) is 0 Å². The van der Waals surface area contributed by atoms with E-state index in [4.69, 9.17) is 28.6 Å². The van der Waals surface area contributed by atoms with Crippen molar-refractivity contribution in [3.63, 3.8) is 0 Å². The summed E-state index contributed by atoms with van der Waals surface area (Å²) in [6.45, 7) is 0.393. The fourth-order valence-corrected chi connectivity index (χ4v) is 3.55. The van der Waals surface area contributed by atoms with Crippen molar-refractivity contribution in [1.82, 2.24) is 19.5 Å². The van der Waals surface area contributed by atoms with Crippen LogP contribution >= 0.6 is 23.2 Å².